The first-order chi connectivity index (χ1) is 8.99. The van der Waals surface area contributed by atoms with Gasteiger partial charge in [-0.3, -0.25) is 9.88 Å². The maximum Gasteiger partial charge on any atom is 0.0489 e. The summed E-state index contributed by atoms with van der Waals surface area (Å²) in [7, 11) is 4.20. The first-order valence-corrected chi connectivity index (χ1v) is 7.49. The average molecular weight is 329 g/mol. The molecule has 2 atom stereocenters. The highest BCUT2D eigenvalue weighted by atomic mass is 79.9. The minimum Gasteiger partial charge on any atom is -0.329 e. The van der Waals surface area contributed by atoms with Crippen molar-refractivity contribution < 1.29 is 0 Å². The lowest BCUT2D eigenvalue weighted by Gasteiger charge is -2.36. The molecular weight excluding hydrogens is 304 g/mol. The lowest BCUT2D eigenvalue weighted by Crippen LogP contribution is -2.44. The molecule has 0 aliphatic rings. The van der Waals surface area contributed by atoms with E-state index in [1.165, 1.54) is 5.56 Å². The largest absolute Gasteiger partial charge is 0.329 e. The number of hydrogen-bond donors (Lipinski definition) is 1. The molecule has 2 N–H and O–H groups in total. The zero-order valence-electron chi connectivity index (χ0n) is 12.3. The summed E-state index contributed by atoms with van der Waals surface area (Å²) in [5, 5.41) is 0. The van der Waals surface area contributed by atoms with Gasteiger partial charge in [0.1, 0.15) is 0 Å². The van der Waals surface area contributed by atoms with Crippen LogP contribution in [0.15, 0.2) is 22.9 Å². The van der Waals surface area contributed by atoms with Gasteiger partial charge in [0.25, 0.3) is 0 Å². The molecule has 1 rings (SSSR count). The standard InChI is InChI=1S/C14H25BrN4/c1-5-19(11(2)10-18(3)4)14(7-16)12-6-13(15)9-17-8-12/h6,8-9,11,14H,5,7,10,16H2,1-4H3. The molecule has 0 aliphatic heterocycles. The molecule has 0 fully saturated rings. The topological polar surface area (TPSA) is 45.4 Å². The fourth-order valence-corrected chi connectivity index (χ4v) is 2.93. The summed E-state index contributed by atoms with van der Waals surface area (Å²) in [4.78, 5) is 8.89. The Morgan fingerprint density at radius 1 is 1.37 bits per heavy atom. The van der Waals surface area contributed by atoms with Gasteiger partial charge < -0.3 is 10.6 Å². The Labute approximate surface area is 125 Å². The number of likely N-dealkylation sites (N-methyl/N-ethyl adjacent to an activating group) is 2. The fraction of sp³-hybridized carbons (Fsp3) is 0.643. The van der Waals surface area contributed by atoms with Crippen molar-refractivity contribution in [2.24, 2.45) is 5.73 Å². The van der Waals surface area contributed by atoms with E-state index in [9.17, 15) is 0 Å². The van der Waals surface area contributed by atoms with Gasteiger partial charge in [0.15, 0.2) is 0 Å². The number of pyridine rings is 1. The van der Waals surface area contributed by atoms with E-state index in [4.69, 9.17) is 5.73 Å². The summed E-state index contributed by atoms with van der Waals surface area (Å²) in [6.45, 7) is 7.02. The van der Waals surface area contributed by atoms with E-state index in [-0.39, 0.29) is 6.04 Å². The summed E-state index contributed by atoms with van der Waals surface area (Å²) in [5.41, 5.74) is 7.17. The molecular formula is C14H25BrN4. The van der Waals surface area contributed by atoms with Crippen LogP contribution in [0.4, 0.5) is 0 Å². The van der Waals surface area contributed by atoms with Crippen LogP contribution >= 0.6 is 15.9 Å². The van der Waals surface area contributed by atoms with Crippen molar-refractivity contribution in [3.63, 3.8) is 0 Å². The van der Waals surface area contributed by atoms with Crippen LogP contribution in [-0.2, 0) is 0 Å². The lowest BCUT2D eigenvalue weighted by molar-refractivity contribution is 0.130. The van der Waals surface area contributed by atoms with Gasteiger partial charge in [0.05, 0.1) is 0 Å². The summed E-state index contributed by atoms with van der Waals surface area (Å²) in [5.74, 6) is 0. The Kier molecular flexibility index (Phi) is 6.93. The zero-order chi connectivity index (χ0) is 14.4. The van der Waals surface area contributed by atoms with Crippen molar-refractivity contribution in [2.75, 3.05) is 33.7 Å². The van der Waals surface area contributed by atoms with E-state index in [0.29, 0.717) is 12.6 Å². The predicted molar refractivity (Wildman–Crippen MR) is 84.1 cm³/mol. The summed E-state index contributed by atoms with van der Waals surface area (Å²) in [6.07, 6.45) is 3.71. The number of nitrogens with zero attached hydrogens (tertiary/aromatic N) is 3. The molecule has 0 saturated heterocycles. The molecule has 1 heterocycles. The number of rotatable bonds is 7. The maximum absolute atomic E-state index is 6.00. The van der Waals surface area contributed by atoms with E-state index in [0.717, 1.165) is 17.6 Å². The van der Waals surface area contributed by atoms with Crippen molar-refractivity contribution in [3.8, 4) is 0 Å². The smallest absolute Gasteiger partial charge is 0.0489 e. The van der Waals surface area contributed by atoms with Crippen molar-refractivity contribution in [1.29, 1.82) is 0 Å². The minimum absolute atomic E-state index is 0.213. The third kappa shape index (κ3) is 4.84. The van der Waals surface area contributed by atoms with Gasteiger partial charge in [0.2, 0.25) is 0 Å². The Balaban J connectivity index is 2.92. The highest BCUT2D eigenvalue weighted by Gasteiger charge is 2.23. The fourth-order valence-electron chi connectivity index (χ4n) is 2.55. The molecule has 1 aromatic rings. The Bertz CT molecular complexity index is 383. The van der Waals surface area contributed by atoms with Crippen molar-refractivity contribution >= 4 is 15.9 Å². The molecule has 0 saturated carbocycles. The van der Waals surface area contributed by atoms with Crippen LogP contribution in [0.3, 0.4) is 0 Å². The van der Waals surface area contributed by atoms with Crippen molar-refractivity contribution in [3.05, 3.63) is 28.5 Å². The zero-order valence-corrected chi connectivity index (χ0v) is 13.9. The van der Waals surface area contributed by atoms with Crippen molar-refractivity contribution in [2.45, 2.75) is 25.9 Å². The molecule has 0 spiro atoms. The van der Waals surface area contributed by atoms with Gasteiger partial charge in [-0.2, -0.15) is 0 Å². The van der Waals surface area contributed by atoms with Crippen LogP contribution in [0.1, 0.15) is 25.5 Å². The molecule has 1 aromatic heterocycles. The Morgan fingerprint density at radius 2 is 2.05 bits per heavy atom. The summed E-state index contributed by atoms with van der Waals surface area (Å²) in [6, 6.07) is 2.77. The third-order valence-corrected chi connectivity index (χ3v) is 3.73. The van der Waals surface area contributed by atoms with Gasteiger partial charge >= 0.3 is 0 Å². The first-order valence-electron chi connectivity index (χ1n) is 6.70. The van der Waals surface area contributed by atoms with E-state index >= 15 is 0 Å². The van der Waals surface area contributed by atoms with Crippen LogP contribution < -0.4 is 5.73 Å². The second-order valence-electron chi connectivity index (χ2n) is 5.13. The van der Waals surface area contributed by atoms with Gasteiger partial charge in [-0.05, 0) is 55.1 Å². The quantitative estimate of drug-likeness (QED) is 0.832. The number of aromatic nitrogens is 1. The van der Waals surface area contributed by atoms with Crippen LogP contribution in [-0.4, -0.2) is 54.6 Å². The predicted octanol–water partition coefficient (Wildman–Crippen LogP) is 2.12. The van der Waals surface area contributed by atoms with E-state index in [2.05, 4.69) is 64.7 Å². The Hall–Kier alpha value is -0.490. The SMILES string of the molecule is CCN(C(C)CN(C)C)C(CN)c1cncc(Br)c1. The van der Waals surface area contributed by atoms with Gasteiger partial charge in [0, 0.05) is 42.0 Å². The van der Waals surface area contributed by atoms with Gasteiger partial charge in [-0.1, -0.05) is 6.92 Å². The van der Waals surface area contributed by atoms with E-state index in [1.807, 2.05) is 6.20 Å². The monoisotopic (exact) mass is 328 g/mol. The third-order valence-electron chi connectivity index (χ3n) is 3.30. The van der Waals surface area contributed by atoms with E-state index < -0.39 is 0 Å². The Morgan fingerprint density at radius 3 is 2.53 bits per heavy atom. The second kappa shape index (κ2) is 7.94. The molecule has 4 nitrogen and oxygen atoms in total. The van der Waals surface area contributed by atoms with E-state index in [1.54, 1.807) is 6.20 Å². The number of hydrogen-bond acceptors (Lipinski definition) is 4. The normalized spacial score (nSPS) is 14.9. The summed E-state index contributed by atoms with van der Waals surface area (Å²) < 4.78 is 1.000. The first kappa shape index (κ1) is 16.6. The molecule has 19 heavy (non-hydrogen) atoms. The maximum atomic E-state index is 6.00. The number of nitrogens with two attached hydrogens (primary N) is 1. The second-order valence-corrected chi connectivity index (χ2v) is 6.05. The van der Waals surface area contributed by atoms with Crippen LogP contribution in [0.2, 0.25) is 0 Å². The average Bonchev–Trinajstić information content (AvgIpc) is 2.34. The lowest BCUT2D eigenvalue weighted by atomic mass is 10.1. The number of halogens is 1. The molecule has 0 bridgehead atoms. The molecule has 5 heteroatoms. The van der Waals surface area contributed by atoms with Gasteiger partial charge in [-0.25, -0.2) is 0 Å². The highest BCUT2D eigenvalue weighted by Crippen LogP contribution is 2.23. The van der Waals surface area contributed by atoms with Crippen LogP contribution in [0.5, 0.6) is 0 Å². The van der Waals surface area contributed by atoms with Crippen molar-refractivity contribution in [1.82, 2.24) is 14.8 Å². The highest BCUT2D eigenvalue weighted by molar-refractivity contribution is 9.10. The van der Waals surface area contributed by atoms with Gasteiger partial charge in [-0.15, -0.1) is 0 Å². The minimum atomic E-state index is 0.213. The summed E-state index contributed by atoms with van der Waals surface area (Å²) >= 11 is 3.48. The molecule has 0 radical (unpaired) electrons. The van der Waals surface area contributed by atoms with Crippen LogP contribution in [0, 0.1) is 0 Å². The molecule has 2 unspecified atom stereocenters. The molecule has 0 amide bonds. The molecule has 0 aliphatic carbocycles. The molecule has 0 aromatic carbocycles. The molecule has 108 valence electrons. The van der Waals surface area contributed by atoms with Crippen LogP contribution in [0.25, 0.3) is 0 Å².